The lowest BCUT2D eigenvalue weighted by atomic mass is 9.79. The minimum absolute atomic E-state index is 0.0235. The number of nitrogens with zero attached hydrogens (tertiary/aromatic N) is 1. The minimum Gasteiger partial charge on any atom is -0.485 e. The summed E-state index contributed by atoms with van der Waals surface area (Å²) in [4.78, 5) is 25.6. The third kappa shape index (κ3) is 3.42. The van der Waals surface area contributed by atoms with Crippen molar-refractivity contribution in [1.29, 1.82) is 0 Å². The first-order chi connectivity index (χ1) is 11.0. The maximum absolute atomic E-state index is 12.5. The van der Waals surface area contributed by atoms with Crippen LogP contribution in [0.2, 0.25) is 0 Å². The number of hydrogen-bond donors (Lipinski definition) is 1. The highest BCUT2D eigenvalue weighted by molar-refractivity contribution is 9.10. The molecule has 1 aromatic rings. The van der Waals surface area contributed by atoms with Gasteiger partial charge in [-0.3, -0.25) is 9.59 Å². The van der Waals surface area contributed by atoms with E-state index in [1.807, 2.05) is 18.2 Å². The van der Waals surface area contributed by atoms with Crippen LogP contribution in [0.5, 0.6) is 5.75 Å². The third-order valence-corrected chi connectivity index (χ3v) is 4.90. The molecule has 23 heavy (non-hydrogen) atoms. The van der Waals surface area contributed by atoms with E-state index in [2.05, 4.69) is 27.8 Å². The lowest BCUT2D eigenvalue weighted by molar-refractivity contribution is -0.136. The summed E-state index contributed by atoms with van der Waals surface area (Å²) in [5.74, 6) is 0.396. The second kappa shape index (κ2) is 6.35. The van der Waals surface area contributed by atoms with Crippen molar-refractivity contribution in [2.45, 2.75) is 31.4 Å². The molecule has 1 spiro atoms. The summed E-state index contributed by atoms with van der Waals surface area (Å²) in [6, 6.07) is 5.88. The van der Waals surface area contributed by atoms with E-state index in [4.69, 9.17) is 4.74 Å². The van der Waals surface area contributed by atoms with E-state index in [1.165, 1.54) is 6.08 Å². The largest absolute Gasteiger partial charge is 0.485 e. The molecule has 0 bridgehead atoms. The van der Waals surface area contributed by atoms with Crippen molar-refractivity contribution in [3.63, 3.8) is 0 Å². The van der Waals surface area contributed by atoms with Gasteiger partial charge in [0.05, 0.1) is 13.1 Å². The second-order valence-electron chi connectivity index (χ2n) is 6.06. The molecule has 0 atom stereocenters. The van der Waals surface area contributed by atoms with Crippen LogP contribution in [0.25, 0.3) is 0 Å². The highest BCUT2D eigenvalue weighted by Crippen LogP contribution is 2.41. The van der Waals surface area contributed by atoms with Gasteiger partial charge < -0.3 is 15.0 Å². The molecule has 5 nitrogen and oxygen atoms in total. The summed E-state index contributed by atoms with van der Waals surface area (Å²) in [5, 5.41) is 2.55. The van der Waals surface area contributed by atoms with Crippen LogP contribution in [0.1, 0.15) is 24.8 Å². The van der Waals surface area contributed by atoms with Gasteiger partial charge in [0.15, 0.2) is 0 Å². The molecule has 0 unspecified atom stereocenters. The Morgan fingerprint density at radius 2 is 2.22 bits per heavy atom. The highest BCUT2D eigenvalue weighted by atomic mass is 79.9. The van der Waals surface area contributed by atoms with E-state index >= 15 is 0 Å². The van der Waals surface area contributed by atoms with Crippen molar-refractivity contribution in [2.75, 3.05) is 13.1 Å². The minimum atomic E-state index is -0.342. The summed E-state index contributed by atoms with van der Waals surface area (Å²) >= 11 is 3.46. The third-order valence-electron chi connectivity index (χ3n) is 4.41. The number of rotatable bonds is 3. The smallest absolute Gasteiger partial charge is 0.243 e. The number of fused-ring (bicyclic) bond motifs is 1. The predicted octanol–water partition coefficient (Wildman–Crippen LogP) is 2.40. The zero-order valence-corrected chi connectivity index (χ0v) is 14.4. The molecule has 0 radical (unpaired) electrons. The topological polar surface area (TPSA) is 58.6 Å². The van der Waals surface area contributed by atoms with E-state index < -0.39 is 0 Å². The number of benzene rings is 1. The Balaban J connectivity index is 1.81. The van der Waals surface area contributed by atoms with Gasteiger partial charge in [-0.25, -0.2) is 0 Å². The Bertz CT molecular complexity index is 655. The fraction of sp³-hybridized carbons (Fsp3) is 0.412. The highest BCUT2D eigenvalue weighted by Gasteiger charge is 2.44. The van der Waals surface area contributed by atoms with Gasteiger partial charge in [-0.15, -0.1) is 0 Å². The molecule has 2 amide bonds. The van der Waals surface area contributed by atoms with E-state index in [0.29, 0.717) is 13.1 Å². The standard InChI is InChI=1S/C17H19BrN2O3/c1-2-15(21)19-9-16(22)20-10-12-8-13(18)4-5-14(12)23-17(11-20)6-3-7-17/h2,4-5,8H,1,3,6-7,9-11H2,(H,19,21). The molecule has 122 valence electrons. The number of carbonyl (C=O) groups is 2. The fourth-order valence-electron chi connectivity index (χ4n) is 3.00. The molecule has 0 saturated heterocycles. The number of nitrogens with one attached hydrogen (secondary N) is 1. The molecule has 1 aliphatic heterocycles. The summed E-state index contributed by atoms with van der Waals surface area (Å²) in [5.41, 5.74) is 0.698. The van der Waals surface area contributed by atoms with Crippen molar-refractivity contribution < 1.29 is 14.3 Å². The first-order valence-electron chi connectivity index (χ1n) is 7.67. The van der Waals surface area contributed by atoms with Crippen molar-refractivity contribution in [3.05, 3.63) is 40.9 Å². The molecule has 1 aliphatic carbocycles. The Morgan fingerprint density at radius 3 is 2.87 bits per heavy atom. The maximum Gasteiger partial charge on any atom is 0.243 e. The summed E-state index contributed by atoms with van der Waals surface area (Å²) in [6.07, 6.45) is 4.18. The molecule has 3 rings (SSSR count). The number of ether oxygens (including phenoxy) is 1. The van der Waals surface area contributed by atoms with Gasteiger partial charge in [0.25, 0.3) is 0 Å². The number of hydrogen-bond acceptors (Lipinski definition) is 3. The van der Waals surface area contributed by atoms with E-state index in [0.717, 1.165) is 35.0 Å². The van der Waals surface area contributed by atoms with Crippen molar-refractivity contribution in [3.8, 4) is 5.75 Å². The molecule has 1 aromatic carbocycles. The van der Waals surface area contributed by atoms with Crippen LogP contribution in [0.4, 0.5) is 0 Å². The van der Waals surface area contributed by atoms with Gasteiger partial charge in [-0.2, -0.15) is 0 Å². The molecular formula is C17H19BrN2O3. The van der Waals surface area contributed by atoms with Crippen LogP contribution in [0.3, 0.4) is 0 Å². The number of halogens is 1. The van der Waals surface area contributed by atoms with Gasteiger partial charge in [0.1, 0.15) is 11.4 Å². The molecule has 2 aliphatic rings. The maximum atomic E-state index is 12.5. The number of amides is 2. The Morgan fingerprint density at radius 1 is 1.43 bits per heavy atom. The average Bonchev–Trinajstić information content (AvgIpc) is 2.68. The molecule has 6 heteroatoms. The van der Waals surface area contributed by atoms with Crippen molar-refractivity contribution in [2.24, 2.45) is 0 Å². The molecule has 1 fully saturated rings. The van der Waals surface area contributed by atoms with E-state index in [9.17, 15) is 9.59 Å². The lowest BCUT2D eigenvalue weighted by Gasteiger charge is -2.43. The van der Waals surface area contributed by atoms with Gasteiger partial charge in [0, 0.05) is 16.6 Å². The number of carbonyl (C=O) groups excluding carboxylic acids is 2. The van der Waals surface area contributed by atoms with Crippen LogP contribution in [0.15, 0.2) is 35.3 Å². The van der Waals surface area contributed by atoms with Gasteiger partial charge in [-0.1, -0.05) is 22.5 Å². The molecule has 1 saturated carbocycles. The van der Waals surface area contributed by atoms with Crippen molar-refractivity contribution >= 4 is 27.7 Å². The summed E-state index contributed by atoms with van der Waals surface area (Å²) in [6.45, 7) is 4.41. The summed E-state index contributed by atoms with van der Waals surface area (Å²) < 4.78 is 7.20. The lowest BCUT2D eigenvalue weighted by Crippen LogP contribution is -2.53. The predicted molar refractivity (Wildman–Crippen MR) is 90.0 cm³/mol. The van der Waals surface area contributed by atoms with Crippen LogP contribution >= 0.6 is 15.9 Å². The Labute approximate surface area is 143 Å². The fourth-order valence-corrected chi connectivity index (χ4v) is 3.41. The van der Waals surface area contributed by atoms with Gasteiger partial charge in [0.2, 0.25) is 11.8 Å². The summed E-state index contributed by atoms with van der Waals surface area (Å²) in [7, 11) is 0. The SMILES string of the molecule is C=CC(=O)NCC(=O)N1Cc2cc(Br)ccc2OC2(CCC2)C1. The van der Waals surface area contributed by atoms with Crippen LogP contribution in [-0.2, 0) is 16.1 Å². The van der Waals surface area contributed by atoms with E-state index in [-0.39, 0.29) is 24.0 Å². The van der Waals surface area contributed by atoms with Gasteiger partial charge in [-0.05, 0) is 43.5 Å². The van der Waals surface area contributed by atoms with Crippen LogP contribution in [0, 0.1) is 0 Å². The quantitative estimate of drug-likeness (QED) is 0.821. The molecule has 1 heterocycles. The van der Waals surface area contributed by atoms with Crippen LogP contribution in [-0.4, -0.2) is 35.4 Å². The molecule has 1 N–H and O–H groups in total. The Kier molecular flexibility index (Phi) is 4.43. The monoisotopic (exact) mass is 378 g/mol. The van der Waals surface area contributed by atoms with Crippen molar-refractivity contribution in [1.82, 2.24) is 10.2 Å². The molecule has 0 aromatic heterocycles. The first-order valence-corrected chi connectivity index (χ1v) is 8.46. The first kappa shape index (κ1) is 16.1. The zero-order valence-electron chi connectivity index (χ0n) is 12.8. The van der Waals surface area contributed by atoms with Gasteiger partial charge >= 0.3 is 0 Å². The molecular weight excluding hydrogens is 360 g/mol. The average molecular weight is 379 g/mol. The van der Waals surface area contributed by atoms with Crippen LogP contribution < -0.4 is 10.1 Å². The van der Waals surface area contributed by atoms with E-state index in [1.54, 1.807) is 4.90 Å². The zero-order chi connectivity index (χ0) is 16.4. The Hall–Kier alpha value is -1.82. The normalized spacial score (nSPS) is 18.2. The second-order valence-corrected chi connectivity index (χ2v) is 6.98.